The van der Waals surface area contributed by atoms with Crippen LogP contribution in [0, 0.1) is 0 Å². The van der Waals surface area contributed by atoms with E-state index in [-0.39, 0.29) is 47.4 Å². The monoisotopic (exact) mass is 494 g/mol. The molecule has 2 amide bonds. The Labute approximate surface area is 185 Å². The molecule has 176 valence electrons. The number of likely N-dealkylation sites (N-methyl/N-ethyl adjacent to an activating group) is 1. The molecular formula is C18H21F3N4O5S2. The van der Waals surface area contributed by atoms with Gasteiger partial charge in [0.25, 0.3) is 0 Å². The van der Waals surface area contributed by atoms with E-state index in [1.165, 1.54) is 24.1 Å². The van der Waals surface area contributed by atoms with Gasteiger partial charge in [-0.1, -0.05) is 11.3 Å². The van der Waals surface area contributed by atoms with Gasteiger partial charge in [0.05, 0.1) is 34.8 Å². The van der Waals surface area contributed by atoms with Crippen molar-refractivity contribution in [2.75, 3.05) is 37.0 Å². The number of hydrogen-bond acceptors (Lipinski definition) is 8. The van der Waals surface area contributed by atoms with Crippen LogP contribution in [0.4, 0.5) is 18.3 Å². The Morgan fingerprint density at radius 3 is 2.62 bits per heavy atom. The minimum atomic E-state index is -4.81. The van der Waals surface area contributed by atoms with Gasteiger partial charge in [-0.3, -0.25) is 9.59 Å². The molecule has 14 heteroatoms. The number of thiazole rings is 1. The summed E-state index contributed by atoms with van der Waals surface area (Å²) in [6, 6.07) is 3.58. The first-order valence-corrected chi connectivity index (χ1v) is 12.2. The highest BCUT2D eigenvalue weighted by molar-refractivity contribution is 7.91. The van der Waals surface area contributed by atoms with Crippen LogP contribution in [0.25, 0.3) is 10.2 Å². The van der Waals surface area contributed by atoms with Gasteiger partial charge in [0.2, 0.25) is 11.8 Å². The van der Waals surface area contributed by atoms with E-state index in [1.54, 1.807) is 0 Å². The highest BCUT2D eigenvalue weighted by atomic mass is 32.2. The second kappa shape index (κ2) is 9.58. The third-order valence-electron chi connectivity index (χ3n) is 4.74. The SMILES string of the molecule is CN(CC(=O)Nc1nc2ccc(OC(F)(F)F)cc2s1)C(=O)CNC1CCS(=O)(=O)CC1. The summed E-state index contributed by atoms with van der Waals surface area (Å²) in [5, 5.41) is 5.71. The molecular weight excluding hydrogens is 473 g/mol. The third-order valence-corrected chi connectivity index (χ3v) is 7.39. The van der Waals surface area contributed by atoms with E-state index in [0.717, 1.165) is 17.4 Å². The molecule has 1 aliphatic rings. The number of hydrogen-bond donors (Lipinski definition) is 2. The predicted octanol–water partition coefficient (Wildman–Crippen LogP) is 1.76. The molecule has 3 rings (SSSR count). The van der Waals surface area contributed by atoms with E-state index >= 15 is 0 Å². The summed E-state index contributed by atoms with van der Waals surface area (Å²) >= 11 is 0.975. The molecule has 0 saturated carbocycles. The smallest absolute Gasteiger partial charge is 0.406 e. The van der Waals surface area contributed by atoms with Gasteiger partial charge < -0.3 is 20.3 Å². The number of amides is 2. The van der Waals surface area contributed by atoms with Crippen molar-refractivity contribution in [3.05, 3.63) is 18.2 Å². The lowest BCUT2D eigenvalue weighted by Crippen LogP contribution is -2.45. The number of nitrogens with one attached hydrogen (secondary N) is 2. The molecule has 9 nitrogen and oxygen atoms in total. The Bertz CT molecular complexity index is 1090. The first-order valence-electron chi connectivity index (χ1n) is 9.54. The number of alkyl halides is 3. The zero-order valence-corrected chi connectivity index (χ0v) is 18.6. The van der Waals surface area contributed by atoms with Crippen LogP contribution in [-0.2, 0) is 19.4 Å². The summed E-state index contributed by atoms with van der Waals surface area (Å²) in [7, 11) is -1.53. The summed E-state index contributed by atoms with van der Waals surface area (Å²) in [5.74, 6) is -1.08. The quantitative estimate of drug-likeness (QED) is 0.602. The fourth-order valence-electron chi connectivity index (χ4n) is 3.08. The van der Waals surface area contributed by atoms with Gasteiger partial charge in [-0.2, -0.15) is 0 Å². The molecule has 1 saturated heterocycles. The van der Waals surface area contributed by atoms with Crippen molar-refractivity contribution in [2.45, 2.75) is 25.2 Å². The van der Waals surface area contributed by atoms with Crippen molar-refractivity contribution < 1.29 is 35.9 Å². The van der Waals surface area contributed by atoms with E-state index in [4.69, 9.17) is 0 Å². The number of aromatic nitrogens is 1. The van der Waals surface area contributed by atoms with Crippen molar-refractivity contribution in [1.82, 2.24) is 15.2 Å². The van der Waals surface area contributed by atoms with Gasteiger partial charge in [0, 0.05) is 19.2 Å². The number of nitrogens with zero attached hydrogens (tertiary/aromatic N) is 2. The molecule has 0 spiro atoms. The number of carbonyl (C=O) groups excluding carboxylic acids is 2. The van der Waals surface area contributed by atoms with Crippen LogP contribution < -0.4 is 15.4 Å². The first-order chi connectivity index (χ1) is 14.9. The van der Waals surface area contributed by atoms with Gasteiger partial charge in [-0.15, -0.1) is 13.2 Å². The summed E-state index contributed by atoms with van der Waals surface area (Å²) in [4.78, 5) is 29.8. The van der Waals surface area contributed by atoms with Crippen LogP contribution in [0.2, 0.25) is 0 Å². The normalized spacial score (nSPS) is 16.6. The van der Waals surface area contributed by atoms with Crippen LogP contribution in [0.5, 0.6) is 5.75 Å². The predicted molar refractivity (Wildman–Crippen MR) is 112 cm³/mol. The van der Waals surface area contributed by atoms with Gasteiger partial charge in [-0.05, 0) is 25.0 Å². The molecule has 2 aromatic rings. The molecule has 2 heterocycles. The van der Waals surface area contributed by atoms with Crippen LogP contribution in [0.3, 0.4) is 0 Å². The molecule has 1 fully saturated rings. The largest absolute Gasteiger partial charge is 0.573 e. The van der Waals surface area contributed by atoms with Crippen molar-refractivity contribution in [1.29, 1.82) is 0 Å². The first kappa shape index (κ1) is 24.2. The average molecular weight is 495 g/mol. The Hall–Kier alpha value is -2.45. The fraction of sp³-hybridized carbons (Fsp3) is 0.500. The number of sulfone groups is 1. The number of rotatable bonds is 7. The van der Waals surface area contributed by atoms with Gasteiger partial charge >= 0.3 is 6.36 Å². The van der Waals surface area contributed by atoms with Gasteiger partial charge in [-0.25, -0.2) is 13.4 Å². The summed E-state index contributed by atoms with van der Waals surface area (Å²) in [5.41, 5.74) is 0.392. The zero-order chi connectivity index (χ0) is 23.5. The lowest BCUT2D eigenvalue weighted by molar-refractivity contribution is -0.274. The summed E-state index contributed by atoms with van der Waals surface area (Å²) < 4.78 is 64.2. The second-order valence-electron chi connectivity index (χ2n) is 7.30. The second-order valence-corrected chi connectivity index (χ2v) is 10.6. The molecule has 0 bridgehead atoms. The number of halogens is 3. The lowest BCUT2D eigenvalue weighted by Gasteiger charge is -2.24. The molecule has 1 aliphatic heterocycles. The Morgan fingerprint density at radius 2 is 1.97 bits per heavy atom. The minimum Gasteiger partial charge on any atom is -0.406 e. The highest BCUT2D eigenvalue weighted by Crippen LogP contribution is 2.31. The minimum absolute atomic E-state index is 0.0301. The Kier molecular flexibility index (Phi) is 7.25. The number of anilines is 1. The number of ether oxygens (including phenoxy) is 1. The highest BCUT2D eigenvalue weighted by Gasteiger charge is 2.31. The number of fused-ring (bicyclic) bond motifs is 1. The van der Waals surface area contributed by atoms with Crippen molar-refractivity contribution in [3.63, 3.8) is 0 Å². The van der Waals surface area contributed by atoms with Crippen LogP contribution >= 0.6 is 11.3 Å². The van der Waals surface area contributed by atoms with Crippen molar-refractivity contribution >= 4 is 48.3 Å². The van der Waals surface area contributed by atoms with Gasteiger partial charge in [0.15, 0.2) is 5.13 Å². The topological polar surface area (TPSA) is 118 Å². The third kappa shape index (κ3) is 7.03. The van der Waals surface area contributed by atoms with E-state index in [0.29, 0.717) is 23.1 Å². The van der Waals surface area contributed by atoms with Crippen LogP contribution in [0.15, 0.2) is 18.2 Å². The van der Waals surface area contributed by atoms with Crippen LogP contribution in [0.1, 0.15) is 12.8 Å². The molecule has 0 unspecified atom stereocenters. The summed E-state index contributed by atoms with van der Waals surface area (Å²) in [6.45, 7) is -0.282. The van der Waals surface area contributed by atoms with E-state index in [9.17, 15) is 31.2 Å². The van der Waals surface area contributed by atoms with Crippen LogP contribution in [-0.4, -0.2) is 74.2 Å². The van der Waals surface area contributed by atoms with E-state index in [1.807, 2.05) is 0 Å². The summed E-state index contributed by atoms with van der Waals surface area (Å²) in [6.07, 6.45) is -3.93. The number of carbonyl (C=O) groups is 2. The molecule has 0 aliphatic carbocycles. The maximum Gasteiger partial charge on any atom is 0.573 e. The average Bonchev–Trinajstić information content (AvgIpc) is 3.06. The maximum absolute atomic E-state index is 12.3. The van der Waals surface area contributed by atoms with Crippen molar-refractivity contribution in [3.8, 4) is 5.75 Å². The molecule has 1 aromatic heterocycles. The molecule has 1 aromatic carbocycles. The zero-order valence-electron chi connectivity index (χ0n) is 16.9. The molecule has 32 heavy (non-hydrogen) atoms. The molecule has 2 N–H and O–H groups in total. The standard InChI is InChI=1S/C18H21F3N4O5S2/c1-25(16(27)9-22-11-4-6-32(28,29)7-5-11)10-15(26)24-17-23-13-3-2-12(8-14(13)31-17)30-18(19,20)21/h2-3,8,11,22H,4-7,9-10H2,1H3,(H,23,24,26). The Balaban J connectivity index is 1.49. The van der Waals surface area contributed by atoms with E-state index < -0.39 is 22.1 Å². The molecule has 0 radical (unpaired) electrons. The Morgan fingerprint density at radius 1 is 1.28 bits per heavy atom. The maximum atomic E-state index is 12.3. The lowest BCUT2D eigenvalue weighted by atomic mass is 10.1. The van der Waals surface area contributed by atoms with Crippen molar-refractivity contribution in [2.24, 2.45) is 0 Å². The fourth-order valence-corrected chi connectivity index (χ4v) is 5.48. The molecule has 0 atom stereocenters. The number of benzene rings is 1. The van der Waals surface area contributed by atoms with E-state index in [2.05, 4.69) is 20.4 Å². The van der Waals surface area contributed by atoms with Gasteiger partial charge in [0.1, 0.15) is 15.6 Å².